The highest BCUT2D eigenvalue weighted by Crippen LogP contribution is 2.37. The van der Waals surface area contributed by atoms with Gasteiger partial charge >= 0.3 is 23.9 Å². The Morgan fingerprint density at radius 3 is 1.97 bits per heavy atom. The van der Waals surface area contributed by atoms with E-state index in [0.717, 1.165) is 0 Å². The zero-order valence-electron chi connectivity index (χ0n) is 17.0. The molecule has 9 nitrogen and oxygen atoms in total. The van der Waals surface area contributed by atoms with Crippen molar-refractivity contribution in [2.75, 3.05) is 27.4 Å². The van der Waals surface area contributed by atoms with Crippen molar-refractivity contribution >= 4 is 40.4 Å². The van der Waals surface area contributed by atoms with E-state index in [9.17, 15) is 19.2 Å². The van der Waals surface area contributed by atoms with E-state index < -0.39 is 29.8 Å². The molecule has 0 spiro atoms. The van der Waals surface area contributed by atoms with Crippen LogP contribution >= 0.6 is 0 Å². The Hall–Kier alpha value is -3.62. The van der Waals surface area contributed by atoms with Crippen LogP contribution in [0.4, 0.5) is 0 Å². The van der Waals surface area contributed by atoms with Crippen LogP contribution in [0.5, 0.6) is 0 Å². The Balaban J connectivity index is 2.41. The van der Waals surface area contributed by atoms with Crippen molar-refractivity contribution in [3.05, 3.63) is 41.0 Å². The van der Waals surface area contributed by atoms with E-state index in [4.69, 9.17) is 18.9 Å². The molecule has 0 atom stereocenters. The molecule has 0 aliphatic heterocycles. The minimum Gasteiger partial charge on any atom is -0.465 e. The standard InChI is InChI=1S/C21H21NO8/c1-5-29-20(25)17(21(26)30-6-2)15-13-9-7-8-12-11(18(23)27-3)10-14(22(12)13)16(15)19(24)28-4/h7-10,17H,5-6H2,1-4H3. The molecule has 3 aromatic rings. The number of nitrogens with zero attached hydrogens (tertiary/aromatic N) is 1. The first-order chi connectivity index (χ1) is 14.4. The Morgan fingerprint density at radius 2 is 1.43 bits per heavy atom. The molecule has 0 N–H and O–H groups in total. The number of pyridine rings is 1. The van der Waals surface area contributed by atoms with Crippen molar-refractivity contribution in [3.8, 4) is 0 Å². The molecule has 158 valence electrons. The topological polar surface area (TPSA) is 110 Å². The summed E-state index contributed by atoms with van der Waals surface area (Å²) in [5, 5.41) is 0. The molecule has 9 heteroatoms. The molecular weight excluding hydrogens is 394 g/mol. The third-order valence-corrected chi connectivity index (χ3v) is 4.72. The van der Waals surface area contributed by atoms with E-state index in [0.29, 0.717) is 16.6 Å². The molecule has 0 aliphatic carbocycles. The number of methoxy groups -OCH3 is 2. The monoisotopic (exact) mass is 415 g/mol. The van der Waals surface area contributed by atoms with E-state index in [2.05, 4.69) is 0 Å². The van der Waals surface area contributed by atoms with Crippen molar-refractivity contribution < 1.29 is 38.1 Å². The van der Waals surface area contributed by atoms with E-state index in [1.807, 2.05) is 0 Å². The summed E-state index contributed by atoms with van der Waals surface area (Å²) in [5.74, 6) is -4.54. The van der Waals surface area contributed by atoms with Gasteiger partial charge in [-0.15, -0.1) is 0 Å². The van der Waals surface area contributed by atoms with E-state index in [1.54, 1.807) is 36.4 Å². The Bertz CT molecular complexity index is 1110. The summed E-state index contributed by atoms with van der Waals surface area (Å²) in [5.41, 5.74) is 1.46. The van der Waals surface area contributed by atoms with Gasteiger partial charge in [-0.2, -0.15) is 0 Å². The number of ether oxygens (including phenoxy) is 4. The SMILES string of the molecule is CCOC(=O)C(C(=O)OCC)c1c(C(=O)OC)c2cc(C(=O)OC)c3cccc1n32. The van der Waals surface area contributed by atoms with Crippen LogP contribution < -0.4 is 0 Å². The zero-order valence-corrected chi connectivity index (χ0v) is 17.0. The summed E-state index contributed by atoms with van der Waals surface area (Å²) in [7, 11) is 2.44. The fourth-order valence-corrected chi connectivity index (χ4v) is 3.58. The maximum atomic E-state index is 12.7. The van der Waals surface area contributed by atoms with E-state index in [-0.39, 0.29) is 29.9 Å². The average Bonchev–Trinajstić information content (AvgIpc) is 3.27. The van der Waals surface area contributed by atoms with Crippen LogP contribution in [0.2, 0.25) is 0 Å². The lowest BCUT2D eigenvalue weighted by molar-refractivity contribution is -0.156. The van der Waals surface area contributed by atoms with Crippen LogP contribution in [0.15, 0.2) is 24.3 Å². The summed E-state index contributed by atoms with van der Waals surface area (Å²) in [4.78, 5) is 50.4. The smallest absolute Gasteiger partial charge is 0.340 e. The molecule has 0 aliphatic rings. The van der Waals surface area contributed by atoms with Gasteiger partial charge in [0, 0.05) is 5.56 Å². The third-order valence-electron chi connectivity index (χ3n) is 4.72. The van der Waals surface area contributed by atoms with Gasteiger partial charge in [-0.1, -0.05) is 6.07 Å². The van der Waals surface area contributed by atoms with Gasteiger partial charge < -0.3 is 23.3 Å². The zero-order chi connectivity index (χ0) is 22.0. The average molecular weight is 415 g/mol. The number of carbonyl (C=O) groups is 4. The molecule has 3 rings (SSSR count). The first-order valence-electron chi connectivity index (χ1n) is 9.30. The minimum atomic E-state index is -1.49. The largest absolute Gasteiger partial charge is 0.465 e. The molecule has 0 radical (unpaired) electrons. The van der Waals surface area contributed by atoms with Crippen LogP contribution in [-0.2, 0) is 28.5 Å². The predicted octanol–water partition coefficient (Wildman–Crippen LogP) is 2.31. The van der Waals surface area contributed by atoms with E-state index in [1.165, 1.54) is 20.3 Å². The summed E-state index contributed by atoms with van der Waals surface area (Å²) in [6.45, 7) is 3.30. The van der Waals surface area contributed by atoms with Crippen molar-refractivity contribution in [2.45, 2.75) is 19.8 Å². The fraction of sp³-hybridized carbons (Fsp3) is 0.333. The Kier molecular flexibility index (Phi) is 5.91. The first-order valence-corrected chi connectivity index (χ1v) is 9.30. The maximum Gasteiger partial charge on any atom is 0.340 e. The molecule has 0 bridgehead atoms. The summed E-state index contributed by atoms with van der Waals surface area (Å²) >= 11 is 0. The molecule has 0 aromatic carbocycles. The number of rotatable bonds is 7. The van der Waals surface area contributed by atoms with Crippen LogP contribution in [0, 0.1) is 0 Å². The minimum absolute atomic E-state index is 0.0186. The highest BCUT2D eigenvalue weighted by molar-refractivity contribution is 6.13. The molecule has 0 amide bonds. The van der Waals surface area contributed by atoms with Gasteiger partial charge in [0.25, 0.3) is 0 Å². The van der Waals surface area contributed by atoms with Gasteiger partial charge in [0.05, 0.1) is 55.1 Å². The third kappa shape index (κ3) is 3.22. The molecule has 0 saturated carbocycles. The summed E-state index contributed by atoms with van der Waals surface area (Å²) in [6.07, 6.45) is 0. The molecule has 0 fully saturated rings. The number of esters is 4. The lowest BCUT2D eigenvalue weighted by atomic mass is 9.94. The lowest BCUT2D eigenvalue weighted by Gasteiger charge is -2.16. The second-order valence-corrected chi connectivity index (χ2v) is 6.28. The highest BCUT2D eigenvalue weighted by Gasteiger charge is 2.40. The molecule has 30 heavy (non-hydrogen) atoms. The normalized spacial score (nSPS) is 11.1. The quantitative estimate of drug-likeness (QED) is 0.329. The highest BCUT2D eigenvalue weighted by atomic mass is 16.6. The van der Waals surface area contributed by atoms with Crippen molar-refractivity contribution in [3.63, 3.8) is 0 Å². The van der Waals surface area contributed by atoms with Gasteiger partial charge in [-0.05, 0) is 32.0 Å². The molecule has 0 unspecified atom stereocenters. The van der Waals surface area contributed by atoms with Crippen molar-refractivity contribution in [1.82, 2.24) is 4.40 Å². The van der Waals surface area contributed by atoms with Crippen molar-refractivity contribution in [1.29, 1.82) is 0 Å². The number of carbonyl (C=O) groups excluding carboxylic acids is 4. The van der Waals surface area contributed by atoms with Crippen LogP contribution in [0.1, 0.15) is 46.0 Å². The summed E-state index contributed by atoms with van der Waals surface area (Å²) in [6, 6.07) is 6.42. The van der Waals surface area contributed by atoms with Gasteiger partial charge in [0.2, 0.25) is 0 Å². The second-order valence-electron chi connectivity index (χ2n) is 6.28. The van der Waals surface area contributed by atoms with Crippen LogP contribution in [0.3, 0.4) is 0 Å². The van der Waals surface area contributed by atoms with Crippen LogP contribution in [-0.4, -0.2) is 55.7 Å². The second kappa shape index (κ2) is 8.40. The number of aromatic nitrogens is 1. The van der Waals surface area contributed by atoms with Crippen LogP contribution in [0.25, 0.3) is 16.6 Å². The first kappa shape index (κ1) is 21.1. The van der Waals surface area contributed by atoms with E-state index >= 15 is 0 Å². The molecule has 3 heterocycles. The number of hydrogen-bond donors (Lipinski definition) is 0. The molecule has 3 aromatic heterocycles. The van der Waals surface area contributed by atoms with Crippen molar-refractivity contribution in [2.24, 2.45) is 0 Å². The molecule has 0 saturated heterocycles. The van der Waals surface area contributed by atoms with Gasteiger partial charge in [-0.3, -0.25) is 9.59 Å². The maximum absolute atomic E-state index is 12.7. The Labute approximate surface area is 171 Å². The lowest BCUT2D eigenvalue weighted by Crippen LogP contribution is -2.27. The molecular formula is C21H21NO8. The fourth-order valence-electron chi connectivity index (χ4n) is 3.58. The summed E-state index contributed by atoms with van der Waals surface area (Å²) < 4.78 is 21.5. The van der Waals surface area contributed by atoms with Gasteiger partial charge in [0.15, 0.2) is 5.92 Å². The van der Waals surface area contributed by atoms with Gasteiger partial charge in [-0.25, -0.2) is 9.59 Å². The Morgan fingerprint density at radius 1 is 0.867 bits per heavy atom. The number of hydrogen-bond acceptors (Lipinski definition) is 8. The van der Waals surface area contributed by atoms with Gasteiger partial charge in [0.1, 0.15) is 0 Å². The predicted molar refractivity (Wildman–Crippen MR) is 105 cm³/mol.